The van der Waals surface area contributed by atoms with Crippen LogP contribution in [0, 0.1) is 0 Å². The number of nitrogens with one attached hydrogen (secondary N) is 1. The summed E-state index contributed by atoms with van der Waals surface area (Å²) in [5, 5.41) is 7.84. The highest BCUT2D eigenvalue weighted by Gasteiger charge is 2.23. The molecule has 0 saturated carbocycles. The minimum Gasteiger partial charge on any atom is -0.382 e. The van der Waals surface area contributed by atoms with Gasteiger partial charge in [-0.3, -0.25) is 14.8 Å². The lowest BCUT2D eigenvalue weighted by Crippen LogP contribution is -2.49. The van der Waals surface area contributed by atoms with Crippen LogP contribution in [0.15, 0.2) is 36.4 Å². The minimum atomic E-state index is 0.151. The third-order valence-corrected chi connectivity index (χ3v) is 5.86. The van der Waals surface area contributed by atoms with E-state index in [-0.39, 0.29) is 5.91 Å². The van der Waals surface area contributed by atoms with Gasteiger partial charge < -0.3 is 10.6 Å². The molecule has 0 bridgehead atoms. The topological polar surface area (TPSA) is 78.2 Å². The van der Waals surface area contributed by atoms with Gasteiger partial charge in [0, 0.05) is 36.4 Å². The van der Waals surface area contributed by atoms with Crippen LogP contribution in [0.1, 0.15) is 10.4 Å². The number of fused-ring (bicyclic) bond motifs is 1. The number of H-pyrrole nitrogens is 1. The number of nitrogen functional groups attached to an aromatic ring is 1. The number of carbonyl (C=O) groups excluding carboxylic acids is 1. The normalized spacial score (nSPS) is 16.0. The lowest BCUT2D eigenvalue weighted by molar-refractivity contribution is -0.136. The molecule has 3 heterocycles. The van der Waals surface area contributed by atoms with Crippen LogP contribution in [0.4, 0.5) is 5.82 Å². The van der Waals surface area contributed by atoms with Gasteiger partial charge in [0.2, 0.25) is 5.91 Å². The van der Waals surface area contributed by atoms with Gasteiger partial charge in [-0.25, -0.2) is 0 Å². The number of benzene rings is 1. The zero-order valence-electron chi connectivity index (χ0n) is 14.7. The first-order chi connectivity index (χ1) is 13.1. The van der Waals surface area contributed by atoms with E-state index in [2.05, 4.69) is 27.2 Å². The highest BCUT2D eigenvalue weighted by atomic mass is 35.5. The molecule has 27 heavy (non-hydrogen) atoms. The standard InChI is InChI=1S/C19H20ClN5OS/c20-17-6-4-14(27-17)2-1-7-24-8-9-25(18(26)12-24)11-13-3-5-15-16(10-13)22-23-19(15)21/h1-6,10H,7-9,11-12H2,(H3,21,22,23)/b2-1+. The Bertz CT molecular complexity index is 995. The predicted octanol–water partition coefficient (Wildman–Crippen LogP) is 3.22. The fourth-order valence-corrected chi connectivity index (χ4v) is 4.21. The number of anilines is 1. The fraction of sp³-hybridized carbons (Fsp3) is 0.263. The number of aromatic amines is 1. The molecule has 0 atom stereocenters. The lowest BCUT2D eigenvalue weighted by atomic mass is 10.1. The predicted molar refractivity (Wildman–Crippen MR) is 111 cm³/mol. The van der Waals surface area contributed by atoms with Gasteiger partial charge in [0.15, 0.2) is 5.82 Å². The van der Waals surface area contributed by atoms with Crippen LogP contribution in [-0.2, 0) is 11.3 Å². The average molecular weight is 402 g/mol. The summed E-state index contributed by atoms with van der Waals surface area (Å²) in [5.41, 5.74) is 7.77. The number of hydrogen-bond acceptors (Lipinski definition) is 5. The number of thiophene rings is 1. The smallest absolute Gasteiger partial charge is 0.237 e. The van der Waals surface area contributed by atoms with E-state index < -0.39 is 0 Å². The molecule has 1 aromatic carbocycles. The monoisotopic (exact) mass is 401 g/mol. The molecule has 1 aliphatic heterocycles. The van der Waals surface area contributed by atoms with Gasteiger partial charge in [0.05, 0.1) is 16.4 Å². The van der Waals surface area contributed by atoms with Crippen molar-refractivity contribution in [2.24, 2.45) is 0 Å². The Kier molecular flexibility index (Phi) is 5.15. The van der Waals surface area contributed by atoms with Crippen molar-refractivity contribution in [3.05, 3.63) is 51.2 Å². The van der Waals surface area contributed by atoms with Gasteiger partial charge in [-0.2, -0.15) is 5.10 Å². The second kappa shape index (κ2) is 7.72. The largest absolute Gasteiger partial charge is 0.382 e. The number of halogens is 1. The number of rotatable bonds is 5. The molecule has 3 aromatic rings. The van der Waals surface area contributed by atoms with Crippen molar-refractivity contribution in [3.63, 3.8) is 0 Å². The first kappa shape index (κ1) is 18.0. The van der Waals surface area contributed by atoms with Crippen LogP contribution in [0.2, 0.25) is 4.34 Å². The molecule has 1 aliphatic rings. The molecule has 1 saturated heterocycles. The summed E-state index contributed by atoms with van der Waals surface area (Å²) >= 11 is 7.48. The molecule has 6 nitrogen and oxygen atoms in total. The van der Waals surface area contributed by atoms with Crippen molar-refractivity contribution in [1.82, 2.24) is 20.0 Å². The Labute approximate surface area is 166 Å². The van der Waals surface area contributed by atoms with Crippen molar-refractivity contribution < 1.29 is 4.79 Å². The maximum absolute atomic E-state index is 12.5. The Morgan fingerprint density at radius 2 is 2.19 bits per heavy atom. The molecular formula is C19H20ClN5OS. The highest BCUT2D eigenvalue weighted by molar-refractivity contribution is 7.16. The molecular weight excluding hydrogens is 382 g/mol. The molecule has 0 spiro atoms. The second-order valence-electron chi connectivity index (χ2n) is 6.58. The molecule has 3 N–H and O–H groups in total. The van der Waals surface area contributed by atoms with Gasteiger partial charge in [-0.15, -0.1) is 11.3 Å². The third-order valence-electron chi connectivity index (χ3n) is 4.67. The Hall–Kier alpha value is -2.35. The van der Waals surface area contributed by atoms with Crippen molar-refractivity contribution in [2.75, 3.05) is 31.9 Å². The van der Waals surface area contributed by atoms with Gasteiger partial charge in [0.25, 0.3) is 0 Å². The number of carbonyl (C=O) groups is 1. The number of amides is 1. The highest BCUT2D eigenvalue weighted by Crippen LogP contribution is 2.23. The van der Waals surface area contributed by atoms with Crippen LogP contribution >= 0.6 is 22.9 Å². The Morgan fingerprint density at radius 3 is 2.96 bits per heavy atom. The van der Waals surface area contributed by atoms with E-state index >= 15 is 0 Å². The number of nitrogens with zero attached hydrogens (tertiary/aromatic N) is 3. The zero-order valence-corrected chi connectivity index (χ0v) is 16.3. The summed E-state index contributed by atoms with van der Waals surface area (Å²) in [6, 6.07) is 9.85. The molecule has 0 unspecified atom stereocenters. The number of aromatic nitrogens is 2. The SMILES string of the molecule is Nc1n[nH]c2cc(CN3CCN(C/C=C/c4ccc(Cl)s4)CC3=O)ccc12. The number of hydrogen-bond donors (Lipinski definition) is 2. The molecule has 1 amide bonds. The van der Waals surface area contributed by atoms with Gasteiger partial charge in [0.1, 0.15) is 0 Å². The summed E-state index contributed by atoms with van der Waals surface area (Å²) in [4.78, 5) is 17.7. The van der Waals surface area contributed by atoms with E-state index in [0.717, 1.165) is 45.3 Å². The van der Waals surface area contributed by atoms with E-state index in [1.807, 2.05) is 35.2 Å². The molecule has 140 valence electrons. The second-order valence-corrected chi connectivity index (χ2v) is 8.33. The van der Waals surface area contributed by atoms with Crippen LogP contribution in [0.25, 0.3) is 17.0 Å². The quantitative estimate of drug-likeness (QED) is 0.688. The number of nitrogens with two attached hydrogens (primary N) is 1. The molecule has 1 fully saturated rings. The van der Waals surface area contributed by atoms with E-state index in [1.54, 1.807) is 11.3 Å². The summed E-state index contributed by atoms with van der Waals surface area (Å²) in [6.07, 6.45) is 4.14. The van der Waals surface area contributed by atoms with Gasteiger partial charge in [-0.05, 0) is 35.9 Å². The first-order valence-electron chi connectivity index (χ1n) is 8.73. The lowest BCUT2D eigenvalue weighted by Gasteiger charge is -2.33. The summed E-state index contributed by atoms with van der Waals surface area (Å²) in [5.74, 6) is 0.650. The minimum absolute atomic E-state index is 0.151. The summed E-state index contributed by atoms with van der Waals surface area (Å²) in [7, 11) is 0. The third kappa shape index (κ3) is 4.16. The van der Waals surface area contributed by atoms with Crippen LogP contribution in [0.5, 0.6) is 0 Å². The maximum atomic E-state index is 12.5. The van der Waals surface area contributed by atoms with E-state index in [1.165, 1.54) is 0 Å². The van der Waals surface area contributed by atoms with Crippen LogP contribution in [0.3, 0.4) is 0 Å². The molecule has 0 aliphatic carbocycles. The van der Waals surface area contributed by atoms with Crippen molar-refractivity contribution in [1.29, 1.82) is 0 Å². The van der Waals surface area contributed by atoms with Crippen molar-refractivity contribution in [2.45, 2.75) is 6.54 Å². The fourth-order valence-electron chi connectivity index (χ4n) is 3.22. The van der Waals surface area contributed by atoms with E-state index in [9.17, 15) is 4.79 Å². The van der Waals surface area contributed by atoms with Crippen LogP contribution < -0.4 is 5.73 Å². The Morgan fingerprint density at radius 1 is 1.30 bits per heavy atom. The molecule has 0 radical (unpaired) electrons. The first-order valence-corrected chi connectivity index (χ1v) is 9.92. The number of piperazine rings is 1. The van der Waals surface area contributed by atoms with Gasteiger partial charge >= 0.3 is 0 Å². The molecule has 8 heteroatoms. The Balaban J connectivity index is 1.32. The molecule has 2 aromatic heterocycles. The average Bonchev–Trinajstić information content (AvgIpc) is 3.23. The van der Waals surface area contributed by atoms with Crippen molar-refractivity contribution in [3.8, 4) is 0 Å². The zero-order chi connectivity index (χ0) is 18.8. The summed E-state index contributed by atoms with van der Waals surface area (Å²) < 4.78 is 0.787. The summed E-state index contributed by atoms with van der Waals surface area (Å²) in [6.45, 7) is 3.38. The maximum Gasteiger partial charge on any atom is 0.237 e. The van der Waals surface area contributed by atoms with Gasteiger partial charge in [-0.1, -0.05) is 23.7 Å². The van der Waals surface area contributed by atoms with E-state index in [0.29, 0.717) is 18.9 Å². The van der Waals surface area contributed by atoms with E-state index in [4.69, 9.17) is 17.3 Å². The van der Waals surface area contributed by atoms with Crippen molar-refractivity contribution >= 4 is 51.6 Å². The van der Waals surface area contributed by atoms with Crippen LogP contribution in [-0.4, -0.2) is 52.1 Å². The molecule has 4 rings (SSSR count).